The van der Waals surface area contributed by atoms with Crippen molar-refractivity contribution in [2.45, 2.75) is 13.8 Å². The van der Waals surface area contributed by atoms with Gasteiger partial charge in [-0.2, -0.15) is 5.26 Å². The second kappa shape index (κ2) is 10.6. The van der Waals surface area contributed by atoms with Crippen LogP contribution in [0.2, 0.25) is 5.02 Å². The summed E-state index contributed by atoms with van der Waals surface area (Å²) in [6, 6.07) is 14.5. The van der Waals surface area contributed by atoms with Crippen molar-refractivity contribution in [3.05, 3.63) is 69.2 Å². The van der Waals surface area contributed by atoms with E-state index in [1.54, 1.807) is 43.3 Å². The highest BCUT2D eigenvalue weighted by molar-refractivity contribution is 7.15. The van der Waals surface area contributed by atoms with Crippen molar-refractivity contribution in [3.63, 3.8) is 0 Å². The molecule has 0 fully saturated rings. The number of nitriles is 1. The Hall–Kier alpha value is -3.41. The average molecular weight is 455 g/mol. The largest absolute Gasteiger partial charge is 0.490 e. The number of benzene rings is 2. The number of rotatable bonds is 8. The van der Waals surface area contributed by atoms with Gasteiger partial charge in [-0.3, -0.25) is 10.1 Å². The first kappa shape index (κ1) is 22.3. The Morgan fingerprint density at radius 1 is 1.16 bits per heavy atom. The minimum Gasteiger partial charge on any atom is -0.490 e. The Morgan fingerprint density at radius 2 is 1.90 bits per heavy atom. The third-order valence-electron chi connectivity index (χ3n) is 4.03. The monoisotopic (exact) mass is 454 g/mol. The molecule has 3 rings (SSSR count). The maximum atomic E-state index is 12.3. The predicted octanol–water partition coefficient (Wildman–Crippen LogP) is 4.81. The second-order valence-corrected chi connectivity index (χ2v) is 8.02. The van der Waals surface area contributed by atoms with Crippen LogP contribution < -0.4 is 14.8 Å². The highest BCUT2D eigenvalue weighted by atomic mass is 35.5. The van der Waals surface area contributed by atoms with Crippen molar-refractivity contribution in [1.29, 1.82) is 5.26 Å². The van der Waals surface area contributed by atoms with Gasteiger partial charge in [0.15, 0.2) is 0 Å². The van der Waals surface area contributed by atoms with Crippen LogP contribution in [0.4, 0.5) is 5.13 Å². The van der Waals surface area contributed by atoms with E-state index < -0.39 is 5.91 Å². The molecule has 0 atom stereocenters. The standard InChI is InChI=1S/C22H19ClN4O3S/c1-14-10-19(6-7-20(14)23)30-9-8-29-18-5-3-4-16(12-18)11-17(13-24)21(28)25-22-27-26-15(2)31-22/h3-7,10-12H,8-9H2,1-2H3,(H,25,27,28)/b17-11-. The lowest BCUT2D eigenvalue weighted by atomic mass is 10.1. The summed E-state index contributed by atoms with van der Waals surface area (Å²) in [7, 11) is 0. The first-order valence-corrected chi connectivity index (χ1v) is 10.5. The maximum Gasteiger partial charge on any atom is 0.268 e. The Kier molecular flexibility index (Phi) is 7.60. The molecule has 0 aliphatic heterocycles. The molecule has 0 spiro atoms. The van der Waals surface area contributed by atoms with Gasteiger partial charge in [-0.25, -0.2) is 0 Å². The van der Waals surface area contributed by atoms with Crippen LogP contribution in [0.25, 0.3) is 6.08 Å². The van der Waals surface area contributed by atoms with Crippen LogP contribution in [0, 0.1) is 25.2 Å². The Labute approximate surface area is 188 Å². The van der Waals surface area contributed by atoms with E-state index in [4.69, 9.17) is 21.1 Å². The smallest absolute Gasteiger partial charge is 0.268 e. The lowest BCUT2D eigenvalue weighted by Crippen LogP contribution is -2.13. The van der Waals surface area contributed by atoms with Crippen molar-refractivity contribution in [2.24, 2.45) is 0 Å². The molecule has 1 N–H and O–H groups in total. The van der Waals surface area contributed by atoms with Crippen LogP contribution in [0.5, 0.6) is 11.5 Å². The molecule has 7 nitrogen and oxygen atoms in total. The maximum absolute atomic E-state index is 12.3. The normalized spacial score (nSPS) is 11.0. The number of hydrogen-bond acceptors (Lipinski definition) is 7. The van der Waals surface area contributed by atoms with Gasteiger partial charge in [0.05, 0.1) is 0 Å². The summed E-state index contributed by atoms with van der Waals surface area (Å²) in [6.07, 6.45) is 1.49. The summed E-state index contributed by atoms with van der Waals surface area (Å²) in [5, 5.41) is 21.3. The molecule has 0 aliphatic rings. The molecule has 9 heteroatoms. The number of aryl methyl sites for hydroxylation is 2. The molecule has 0 saturated carbocycles. The van der Waals surface area contributed by atoms with Gasteiger partial charge in [-0.05, 0) is 61.4 Å². The zero-order chi connectivity index (χ0) is 22.2. The fourth-order valence-electron chi connectivity index (χ4n) is 2.55. The Balaban J connectivity index is 1.57. The fraction of sp³-hybridized carbons (Fsp3) is 0.182. The molecule has 3 aromatic rings. The number of ether oxygens (including phenoxy) is 2. The molecule has 0 aliphatic carbocycles. The SMILES string of the molecule is Cc1nnc(NC(=O)/C(C#N)=C\c2cccc(OCCOc3ccc(Cl)c(C)c3)c2)s1. The molecule has 31 heavy (non-hydrogen) atoms. The van der Waals surface area contributed by atoms with Crippen LogP contribution in [0.3, 0.4) is 0 Å². The summed E-state index contributed by atoms with van der Waals surface area (Å²) < 4.78 is 11.4. The Morgan fingerprint density at radius 3 is 2.55 bits per heavy atom. The van der Waals surface area contributed by atoms with E-state index in [0.717, 1.165) is 16.3 Å². The number of hydrogen-bond donors (Lipinski definition) is 1. The van der Waals surface area contributed by atoms with Gasteiger partial charge in [-0.1, -0.05) is 35.1 Å². The summed E-state index contributed by atoms with van der Waals surface area (Å²) in [6.45, 7) is 4.38. The van der Waals surface area contributed by atoms with Crippen molar-refractivity contribution in [1.82, 2.24) is 10.2 Å². The molecule has 158 valence electrons. The van der Waals surface area contributed by atoms with Crippen LogP contribution in [-0.2, 0) is 4.79 Å². The van der Waals surface area contributed by atoms with E-state index >= 15 is 0 Å². The zero-order valence-corrected chi connectivity index (χ0v) is 18.5. The molecule has 0 bridgehead atoms. The van der Waals surface area contributed by atoms with Crippen molar-refractivity contribution in [3.8, 4) is 17.6 Å². The second-order valence-electron chi connectivity index (χ2n) is 6.43. The quantitative estimate of drug-likeness (QED) is 0.298. The van der Waals surface area contributed by atoms with Gasteiger partial charge in [0, 0.05) is 5.02 Å². The lowest BCUT2D eigenvalue weighted by molar-refractivity contribution is -0.112. The summed E-state index contributed by atoms with van der Waals surface area (Å²) in [4.78, 5) is 12.3. The third kappa shape index (κ3) is 6.54. The number of halogens is 1. The van der Waals surface area contributed by atoms with E-state index in [-0.39, 0.29) is 5.57 Å². The third-order valence-corrected chi connectivity index (χ3v) is 5.21. The number of anilines is 1. The average Bonchev–Trinajstić information content (AvgIpc) is 3.16. The van der Waals surface area contributed by atoms with E-state index in [1.165, 1.54) is 17.4 Å². The van der Waals surface area contributed by atoms with Crippen molar-refractivity contribution < 1.29 is 14.3 Å². The van der Waals surface area contributed by atoms with Crippen molar-refractivity contribution in [2.75, 3.05) is 18.5 Å². The number of carbonyl (C=O) groups is 1. The fourth-order valence-corrected chi connectivity index (χ4v) is 3.25. The van der Waals surface area contributed by atoms with Gasteiger partial charge < -0.3 is 9.47 Å². The number of amides is 1. The van der Waals surface area contributed by atoms with E-state index in [0.29, 0.717) is 34.7 Å². The minimum absolute atomic E-state index is 0.0496. The number of carbonyl (C=O) groups excluding carboxylic acids is 1. The van der Waals surface area contributed by atoms with Gasteiger partial charge in [0.2, 0.25) is 5.13 Å². The number of nitrogens with one attached hydrogen (secondary N) is 1. The van der Waals surface area contributed by atoms with E-state index in [1.807, 2.05) is 19.1 Å². The topological polar surface area (TPSA) is 97.1 Å². The minimum atomic E-state index is -0.545. The first-order valence-electron chi connectivity index (χ1n) is 9.29. The van der Waals surface area contributed by atoms with Gasteiger partial charge >= 0.3 is 0 Å². The van der Waals surface area contributed by atoms with Crippen LogP contribution in [-0.4, -0.2) is 29.3 Å². The van der Waals surface area contributed by atoms with Crippen LogP contribution >= 0.6 is 22.9 Å². The molecule has 0 saturated heterocycles. The highest BCUT2D eigenvalue weighted by Gasteiger charge is 2.12. The van der Waals surface area contributed by atoms with E-state index in [9.17, 15) is 10.1 Å². The predicted molar refractivity (Wildman–Crippen MR) is 120 cm³/mol. The number of nitrogens with zero attached hydrogens (tertiary/aromatic N) is 3. The van der Waals surface area contributed by atoms with Crippen LogP contribution in [0.1, 0.15) is 16.1 Å². The van der Waals surface area contributed by atoms with Gasteiger partial charge in [0.25, 0.3) is 5.91 Å². The molecule has 0 unspecified atom stereocenters. The summed E-state index contributed by atoms with van der Waals surface area (Å²) >= 11 is 7.24. The molecule has 1 amide bonds. The molecule has 2 aromatic carbocycles. The highest BCUT2D eigenvalue weighted by Crippen LogP contribution is 2.21. The zero-order valence-electron chi connectivity index (χ0n) is 16.9. The molecule has 0 radical (unpaired) electrons. The van der Waals surface area contributed by atoms with Gasteiger partial charge in [-0.15, -0.1) is 10.2 Å². The van der Waals surface area contributed by atoms with Gasteiger partial charge in [0.1, 0.15) is 41.4 Å². The summed E-state index contributed by atoms with van der Waals surface area (Å²) in [5.74, 6) is 0.774. The Bertz CT molecular complexity index is 1150. The molecule has 1 aromatic heterocycles. The number of aromatic nitrogens is 2. The lowest BCUT2D eigenvalue weighted by Gasteiger charge is -2.10. The van der Waals surface area contributed by atoms with E-state index in [2.05, 4.69) is 15.5 Å². The first-order chi connectivity index (χ1) is 14.9. The molecular formula is C22H19ClN4O3S. The molecular weight excluding hydrogens is 436 g/mol. The van der Waals surface area contributed by atoms with Crippen LogP contribution in [0.15, 0.2) is 48.0 Å². The van der Waals surface area contributed by atoms with Crippen molar-refractivity contribution >= 4 is 40.1 Å². The summed E-state index contributed by atoms with van der Waals surface area (Å²) in [5.41, 5.74) is 1.55. The molecule has 1 heterocycles.